The van der Waals surface area contributed by atoms with Gasteiger partial charge in [-0.1, -0.05) is 18.2 Å². The molecule has 1 atom stereocenters. The maximum Gasteiger partial charge on any atom is 0.253 e. The Balaban J connectivity index is 1.32. The van der Waals surface area contributed by atoms with E-state index in [-0.39, 0.29) is 5.91 Å². The minimum atomic E-state index is 0.167. The molecule has 2 aromatic carbocycles. The summed E-state index contributed by atoms with van der Waals surface area (Å²) >= 11 is 0. The minimum absolute atomic E-state index is 0.167. The fourth-order valence-electron chi connectivity index (χ4n) is 4.59. The van der Waals surface area contributed by atoms with Crippen LogP contribution in [0.1, 0.15) is 29.6 Å². The van der Waals surface area contributed by atoms with E-state index in [0.29, 0.717) is 6.04 Å². The van der Waals surface area contributed by atoms with Gasteiger partial charge in [-0.25, -0.2) is 0 Å². The maximum atomic E-state index is 12.9. The molecule has 3 heterocycles. The van der Waals surface area contributed by atoms with Gasteiger partial charge >= 0.3 is 0 Å². The molecule has 3 aromatic rings. The quantitative estimate of drug-likeness (QED) is 0.709. The number of hydrogen-bond donors (Lipinski definition) is 0. The Morgan fingerprint density at radius 1 is 0.889 bits per heavy atom. The summed E-state index contributed by atoms with van der Waals surface area (Å²) in [6, 6.07) is 19.1. The van der Waals surface area contributed by atoms with Gasteiger partial charge in [0.2, 0.25) is 0 Å². The molecule has 4 heteroatoms. The van der Waals surface area contributed by atoms with Crippen molar-refractivity contribution < 1.29 is 4.79 Å². The molecule has 0 aliphatic carbocycles. The number of para-hydroxylation sites is 1. The van der Waals surface area contributed by atoms with Crippen LogP contribution >= 0.6 is 0 Å². The van der Waals surface area contributed by atoms with Crippen molar-refractivity contribution in [1.29, 1.82) is 0 Å². The predicted molar refractivity (Wildman–Crippen MR) is 108 cm³/mol. The molecule has 2 aliphatic heterocycles. The smallest absolute Gasteiger partial charge is 0.253 e. The first kappa shape index (κ1) is 16.6. The summed E-state index contributed by atoms with van der Waals surface area (Å²) in [5.41, 5.74) is 3.06. The van der Waals surface area contributed by atoms with Crippen LogP contribution in [-0.4, -0.2) is 52.5 Å². The summed E-state index contributed by atoms with van der Waals surface area (Å²) in [7, 11) is 0. The van der Waals surface area contributed by atoms with Crippen molar-refractivity contribution in [3.63, 3.8) is 0 Å². The van der Waals surface area contributed by atoms with Gasteiger partial charge in [0.05, 0.1) is 5.52 Å². The van der Waals surface area contributed by atoms with Crippen LogP contribution in [-0.2, 0) is 0 Å². The second kappa shape index (κ2) is 6.86. The molecule has 2 fully saturated rings. The third-order valence-electron chi connectivity index (χ3n) is 6.10. The second-order valence-electron chi connectivity index (χ2n) is 7.73. The number of carbonyl (C=O) groups excluding carboxylic acids is 1. The summed E-state index contributed by atoms with van der Waals surface area (Å²) in [5, 5.41) is 1.22. The van der Waals surface area contributed by atoms with E-state index in [1.165, 1.54) is 36.8 Å². The van der Waals surface area contributed by atoms with Crippen molar-refractivity contribution in [2.24, 2.45) is 0 Å². The number of amides is 1. The molecule has 0 bridgehead atoms. The van der Waals surface area contributed by atoms with Crippen LogP contribution in [0.15, 0.2) is 60.8 Å². The summed E-state index contributed by atoms with van der Waals surface area (Å²) in [5.74, 6) is 0.167. The highest BCUT2D eigenvalue weighted by Gasteiger charge is 2.31. The molecule has 1 amide bonds. The van der Waals surface area contributed by atoms with Gasteiger partial charge in [0, 0.05) is 36.6 Å². The number of nitrogens with zero attached hydrogens (tertiary/aromatic N) is 3. The first-order chi connectivity index (χ1) is 13.3. The van der Waals surface area contributed by atoms with Crippen molar-refractivity contribution in [1.82, 2.24) is 14.4 Å². The van der Waals surface area contributed by atoms with Gasteiger partial charge in [0.1, 0.15) is 0 Å². The van der Waals surface area contributed by atoms with E-state index >= 15 is 0 Å². The molecule has 0 unspecified atom stereocenters. The topological polar surface area (TPSA) is 28.5 Å². The van der Waals surface area contributed by atoms with E-state index in [9.17, 15) is 4.79 Å². The van der Waals surface area contributed by atoms with Crippen molar-refractivity contribution in [2.75, 3.05) is 26.2 Å². The third kappa shape index (κ3) is 3.04. The van der Waals surface area contributed by atoms with Gasteiger partial charge in [-0.3, -0.25) is 9.69 Å². The molecule has 2 saturated heterocycles. The highest BCUT2D eigenvalue weighted by atomic mass is 16.2. The Hall–Kier alpha value is -2.59. The molecule has 0 N–H and O–H groups in total. The highest BCUT2D eigenvalue weighted by Crippen LogP contribution is 2.23. The molecule has 138 valence electrons. The van der Waals surface area contributed by atoms with Crippen LogP contribution < -0.4 is 0 Å². The second-order valence-corrected chi connectivity index (χ2v) is 7.73. The minimum Gasteiger partial charge on any atom is -0.337 e. The normalized spacial score (nSPS) is 20.6. The lowest BCUT2D eigenvalue weighted by Crippen LogP contribution is -2.37. The molecule has 27 heavy (non-hydrogen) atoms. The molecular formula is C23H25N3O. The Bertz CT molecular complexity index is 953. The van der Waals surface area contributed by atoms with Crippen molar-refractivity contribution in [3.8, 4) is 5.69 Å². The van der Waals surface area contributed by atoms with Crippen molar-refractivity contribution >= 4 is 16.8 Å². The van der Waals surface area contributed by atoms with Crippen LogP contribution in [0.3, 0.4) is 0 Å². The van der Waals surface area contributed by atoms with Gasteiger partial charge < -0.3 is 9.47 Å². The lowest BCUT2D eigenvalue weighted by Gasteiger charge is -2.23. The van der Waals surface area contributed by atoms with Crippen molar-refractivity contribution in [2.45, 2.75) is 25.3 Å². The van der Waals surface area contributed by atoms with Gasteiger partial charge in [-0.05, 0) is 74.1 Å². The third-order valence-corrected chi connectivity index (χ3v) is 6.10. The Kier molecular flexibility index (Phi) is 4.21. The van der Waals surface area contributed by atoms with Gasteiger partial charge in [-0.2, -0.15) is 0 Å². The number of fused-ring (bicyclic) bond motifs is 1. The first-order valence-electron chi connectivity index (χ1n) is 9.99. The Morgan fingerprint density at radius 2 is 1.67 bits per heavy atom. The molecule has 0 spiro atoms. The SMILES string of the molecule is O=C(c1ccc(-n2ccc3ccccc32)cc1)N1CC[C@H](N2CCCC2)C1. The van der Waals surface area contributed by atoms with E-state index < -0.39 is 0 Å². The van der Waals surface area contributed by atoms with Gasteiger partial charge in [-0.15, -0.1) is 0 Å². The van der Waals surface area contributed by atoms with E-state index in [1.807, 2.05) is 29.2 Å². The zero-order chi connectivity index (χ0) is 18.2. The Morgan fingerprint density at radius 3 is 2.48 bits per heavy atom. The number of hydrogen-bond acceptors (Lipinski definition) is 2. The summed E-state index contributed by atoms with van der Waals surface area (Å²) in [6.45, 7) is 4.16. The Labute approximate surface area is 160 Å². The largest absolute Gasteiger partial charge is 0.337 e. The molecule has 2 aliphatic rings. The van der Waals surface area contributed by atoms with Crippen LogP contribution in [0.4, 0.5) is 0 Å². The maximum absolute atomic E-state index is 12.9. The molecule has 5 rings (SSSR count). The van der Waals surface area contributed by atoms with E-state index in [0.717, 1.165) is 30.8 Å². The predicted octanol–water partition coefficient (Wildman–Crippen LogP) is 3.94. The van der Waals surface area contributed by atoms with Crippen LogP contribution in [0, 0.1) is 0 Å². The average molecular weight is 359 g/mol. The number of aromatic nitrogens is 1. The van der Waals surface area contributed by atoms with Gasteiger partial charge in [0.25, 0.3) is 5.91 Å². The monoisotopic (exact) mass is 359 g/mol. The summed E-state index contributed by atoms with van der Waals surface area (Å²) in [4.78, 5) is 17.5. The first-order valence-corrected chi connectivity index (χ1v) is 9.99. The lowest BCUT2D eigenvalue weighted by atomic mass is 10.1. The van der Waals surface area contributed by atoms with E-state index in [4.69, 9.17) is 0 Å². The fraction of sp³-hybridized carbons (Fsp3) is 0.348. The van der Waals surface area contributed by atoms with Crippen LogP contribution in [0.25, 0.3) is 16.6 Å². The van der Waals surface area contributed by atoms with Crippen LogP contribution in [0.2, 0.25) is 0 Å². The molecule has 0 radical (unpaired) electrons. The fourth-order valence-corrected chi connectivity index (χ4v) is 4.59. The van der Waals surface area contributed by atoms with Crippen LogP contribution in [0.5, 0.6) is 0 Å². The lowest BCUT2D eigenvalue weighted by molar-refractivity contribution is 0.0780. The number of likely N-dealkylation sites (tertiary alicyclic amines) is 2. The number of benzene rings is 2. The number of rotatable bonds is 3. The molecule has 0 saturated carbocycles. The highest BCUT2D eigenvalue weighted by molar-refractivity contribution is 5.94. The van der Waals surface area contributed by atoms with Gasteiger partial charge in [0.15, 0.2) is 0 Å². The zero-order valence-electron chi connectivity index (χ0n) is 15.6. The average Bonchev–Trinajstić information content (AvgIpc) is 3.47. The molecular weight excluding hydrogens is 334 g/mol. The summed E-state index contributed by atoms with van der Waals surface area (Å²) in [6.07, 6.45) is 5.81. The van der Waals surface area contributed by atoms with E-state index in [2.05, 4.69) is 46.0 Å². The van der Waals surface area contributed by atoms with Crippen molar-refractivity contribution in [3.05, 3.63) is 66.4 Å². The summed E-state index contributed by atoms with van der Waals surface area (Å²) < 4.78 is 2.17. The van der Waals surface area contributed by atoms with E-state index in [1.54, 1.807) is 0 Å². The standard InChI is InChI=1S/C23H25N3O/c27-23(25-15-12-21(17-25)24-13-3-4-14-24)19-7-9-20(10-8-19)26-16-11-18-5-1-2-6-22(18)26/h1-2,5-11,16,21H,3-4,12-15,17H2/t21-/m0/s1. The zero-order valence-corrected chi connectivity index (χ0v) is 15.6. The number of carbonyl (C=O) groups is 1. The molecule has 4 nitrogen and oxygen atoms in total. The molecule has 1 aromatic heterocycles.